The van der Waals surface area contributed by atoms with Crippen LogP contribution in [0.4, 0.5) is 4.39 Å². The monoisotopic (exact) mass is 212 g/mol. The summed E-state index contributed by atoms with van der Waals surface area (Å²) in [6.07, 6.45) is 0.783. The van der Waals surface area contributed by atoms with Crippen LogP contribution in [-0.2, 0) is 4.74 Å². The fraction of sp³-hybridized carbons (Fsp3) is 0.455. The normalized spacial score (nSPS) is 14.9. The lowest BCUT2D eigenvalue weighted by atomic mass is 10.0. The van der Waals surface area contributed by atoms with E-state index in [9.17, 15) is 4.39 Å². The van der Waals surface area contributed by atoms with Crippen LogP contribution >= 0.6 is 0 Å². The van der Waals surface area contributed by atoms with Crippen LogP contribution in [0.2, 0.25) is 0 Å². The number of hydrogen-bond acceptors (Lipinski definition) is 3. The van der Waals surface area contributed by atoms with Crippen molar-refractivity contribution in [3.8, 4) is 0 Å². The van der Waals surface area contributed by atoms with Gasteiger partial charge in [0, 0.05) is 13.2 Å². The summed E-state index contributed by atoms with van der Waals surface area (Å²) in [6.45, 7) is 1.95. The van der Waals surface area contributed by atoms with Crippen molar-refractivity contribution in [3.05, 3.63) is 35.6 Å². The van der Waals surface area contributed by atoms with Crippen molar-refractivity contribution in [2.24, 2.45) is 5.84 Å². The number of methoxy groups -OCH3 is 1. The van der Waals surface area contributed by atoms with E-state index in [1.54, 1.807) is 13.2 Å². The highest BCUT2D eigenvalue weighted by Gasteiger charge is 2.13. The molecule has 0 saturated heterocycles. The van der Waals surface area contributed by atoms with Crippen LogP contribution in [0.25, 0.3) is 0 Å². The van der Waals surface area contributed by atoms with Gasteiger partial charge in [-0.2, -0.15) is 0 Å². The molecule has 0 aliphatic rings. The van der Waals surface area contributed by atoms with Crippen molar-refractivity contribution in [1.82, 2.24) is 5.43 Å². The number of rotatable bonds is 5. The van der Waals surface area contributed by atoms with Crippen molar-refractivity contribution in [2.75, 3.05) is 7.11 Å². The Labute approximate surface area is 89.4 Å². The fourth-order valence-corrected chi connectivity index (χ4v) is 1.45. The molecule has 2 atom stereocenters. The highest BCUT2D eigenvalue weighted by Crippen LogP contribution is 2.19. The molecule has 4 heteroatoms. The van der Waals surface area contributed by atoms with Crippen molar-refractivity contribution in [2.45, 2.75) is 25.5 Å². The third kappa shape index (κ3) is 3.58. The van der Waals surface area contributed by atoms with Gasteiger partial charge in [0.25, 0.3) is 0 Å². The van der Waals surface area contributed by atoms with Crippen molar-refractivity contribution >= 4 is 0 Å². The second kappa shape index (κ2) is 5.80. The number of hydrogen-bond donors (Lipinski definition) is 2. The molecule has 0 bridgehead atoms. The molecule has 3 nitrogen and oxygen atoms in total. The quantitative estimate of drug-likeness (QED) is 0.577. The molecule has 15 heavy (non-hydrogen) atoms. The van der Waals surface area contributed by atoms with Gasteiger partial charge in [-0.05, 0) is 31.0 Å². The van der Waals surface area contributed by atoms with E-state index in [0.29, 0.717) is 6.42 Å². The van der Waals surface area contributed by atoms with Gasteiger partial charge < -0.3 is 4.74 Å². The molecule has 1 aromatic carbocycles. The molecule has 0 amide bonds. The maximum atomic E-state index is 13.0. The molecule has 1 aromatic rings. The Morgan fingerprint density at radius 3 is 2.80 bits per heavy atom. The minimum absolute atomic E-state index is 0.0781. The summed E-state index contributed by atoms with van der Waals surface area (Å²) in [5.41, 5.74) is 3.50. The van der Waals surface area contributed by atoms with E-state index in [4.69, 9.17) is 10.6 Å². The number of nitrogens with two attached hydrogens (primary N) is 1. The fourth-order valence-electron chi connectivity index (χ4n) is 1.45. The zero-order chi connectivity index (χ0) is 11.3. The molecule has 1 rings (SSSR count). The average Bonchev–Trinajstić information content (AvgIpc) is 2.25. The van der Waals surface area contributed by atoms with E-state index >= 15 is 0 Å². The average molecular weight is 212 g/mol. The maximum absolute atomic E-state index is 13.0. The van der Waals surface area contributed by atoms with Gasteiger partial charge in [0.15, 0.2) is 0 Å². The number of ether oxygens (including phenoxy) is 1. The highest BCUT2D eigenvalue weighted by molar-refractivity contribution is 5.20. The second-order valence-corrected chi connectivity index (χ2v) is 3.56. The lowest BCUT2D eigenvalue weighted by Gasteiger charge is -2.19. The van der Waals surface area contributed by atoms with Gasteiger partial charge in [-0.1, -0.05) is 12.1 Å². The van der Waals surface area contributed by atoms with Gasteiger partial charge >= 0.3 is 0 Å². The largest absolute Gasteiger partial charge is 0.382 e. The second-order valence-electron chi connectivity index (χ2n) is 3.56. The summed E-state index contributed by atoms with van der Waals surface area (Å²) in [7, 11) is 1.64. The third-order valence-electron chi connectivity index (χ3n) is 2.42. The molecule has 0 aliphatic carbocycles. The van der Waals surface area contributed by atoms with Crippen molar-refractivity contribution < 1.29 is 9.13 Å². The van der Waals surface area contributed by atoms with Gasteiger partial charge in [-0.25, -0.2) is 4.39 Å². The van der Waals surface area contributed by atoms with Gasteiger partial charge in [0.2, 0.25) is 0 Å². The Bertz CT molecular complexity index is 306. The van der Waals surface area contributed by atoms with E-state index in [1.807, 2.05) is 13.0 Å². The predicted octanol–water partition coefficient (Wildman–Crippen LogP) is 1.76. The zero-order valence-corrected chi connectivity index (χ0v) is 9.03. The van der Waals surface area contributed by atoms with E-state index in [-0.39, 0.29) is 18.0 Å². The first kappa shape index (κ1) is 12.1. The molecule has 0 fully saturated rings. The molecule has 0 saturated carbocycles. The first-order valence-electron chi connectivity index (χ1n) is 4.91. The molecule has 0 aromatic heterocycles. The van der Waals surface area contributed by atoms with Crippen LogP contribution in [0.1, 0.15) is 24.9 Å². The zero-order valence-electron chi connectivity index (χ0n) is 9.03. The molecule has 0 aliphatic heterocycles. The molecule has 3 N–H and O–H groups in total. The van der Waals surface area contributed by atoms with Crippen LogP contribution < -0.4 is 11.3 Å². The van der Waals surface area contributed by atoms with Gasteiger partial charge in [0.05, 0.1) is 6.10 Å². The van der Waals surface area contributed by atoms with E-state index < -0.39 is 0 Å². The Hall–Kier alpha value is -0.970. The van der Waals surface area contributed by atoms with Crippen LogP contribution in [0, 0.1) is 5.82 Å². The number of halogens is 1. The van der Waals surface area contributed by atoms with Gasteiger partial charge in [-0.15, -0.1) is 0 Å². The Balaban J connectivity index is 2.73. The molecule has 0 radical (unpaired) electrons. The standard InChI is InChI=1S/C11H17FN2O/c1-8(15-2)6-11(14-13)9-4-3-5-10(12)7-9/h3-5,7-8,11,14H,6,13H2,1-2H3. The number of nitrogens with one attached hydrogen (secondary N) is 1. The molecular weight excluding hydrogens is 195 g/mol. The van der Waals surface area contributed by atoms with Crippen LogP contribution in [0.5, 0.6) is 0 Å². The Morgan fingerprint density at radius 1 is 1.53 bits per heavy atom. The summed E-state index contributed by atoms with van der Waals surface area (Å²) in [5.74, 6) is 5.18. The minimum atomic E-state index is -0.252. The van der Waals surface area contributed by atoms with Crippen LogP contribution in [0.3, 0.4) is 0 Å². The van der Waals surface area contributed by atoms with Crippen molar-refractivity contribution in [1.29, 1.82) is 0 Å². The smallest absolute Gasteiger partial charge is 0.123 e. The summed E-state index contributed by atoms with van der Waals surface area (Å²) in [5, 5.41) is 0. The van der Waals surface area contributed by atoms with E-state index in [1.165, 1.54) is 12.1 Å². The summed E-state index contributed by atoms with van der Waals surface area (Å²) < 4.78 is 18.1. The minimum Gasteiger partial charge on any atom is -0.382 e. The molecule has 0 heterocycles. The van der Waals surface area contributed by atoms with Crippen LogP contribution in [-0.4, -0.2) is 13.2 Å². The first-order valence-corrected chi connectivity index (χ1v) is 4.91. The van der Waals surface area contributed by atoms with Crippen molar-refractivity contribution in [3.63, 3.8) is 0 Å². The summed E-state index contributed by atoms with van der Waals surface area (Å²) in [4.78, 5) is 0. The van der Waals surface area contributed by atoms with Crippen LogP contribution in [0.15, 0.2) is 24.3 Å². The molecule has 2 unspecified atom stereocenters. The third-order valence-corrected chi connectivity index (χ3v) is 2.42. The number of hydrazine groups is 1. The summed E-state index contributed by atoms with van der Waals surface area (Å²) >= 11 is 0. The summed E-state index contributed by atoms with van der Waals surface area (Å²) in [6, 6.07) is 6.32. The first-order chi connectivity index (χ1) is 7.17. The maximum Gasteiger partial charge on any atom is 0.123 e. The Morgan fingerprint density at radius 2 is 2.27 bits per heavy atom. The van der Waals surface area contributed by atoms with E-state index in [2.05, 4.69) is 5.43 Å². The Kier molecular flexibility index (Phi) is 4.68. The van der Waals surface area contributed by atoms with E-state index in [0.717, 1.165) is 5.56 Å². The lowest BCUT2D eigenvalue weighted by molar-refractivity contribution is 0.100. The van der Waals surface area contributed by atoms with Gasteiger partial charge in [0.1, 0.15) is 5.82 Å². The predicted molar refractivity (Wildman–Crippen MR) is 57.6 cm³/mol. The van der Waals surface area contributed by atoms with Gasteiger partial charge in [-0.3, -0.25) is 11.3 Å². The topological polar surface area (TPSA) is 47.3 Å². The molecule has 0 spiro atoms. The highest BCUT2D eigenvalue weighted by atomic mass is 19.1. The lowest BCUT2D eigenvalue weighted by Crippen LogP contribution is -2.30. The number of benzene rings is 1. The molecular formula is C11H17FN2O. The molecule has 84 valence electrons. The SMILES string of the molecule is COC(C)CC(NN)c1cccc(F)c1.